The van der Waals surface area contributed by atoms with Gasteiger partial charge in [-0.2, -0.15) is 0 Å². The van der Waals surface area contributed by atoms with Crippen molar-refractivity contribution in [3.8, 4) is 10.6 Å². The lowest BCUT2D eigenvalue weighted by Gasteiger charge is -2.07. The minimum Gasteiger partial charge on any atom is -0.348 e. The summed E-state index contributed by atoms with van der Waals surface area (Å²) >= 11 is 1.57. The number of hydrogen-bond acceptors (Lipinski definition) is 5. The molecule has 7 heteroatoms. The molecule has 0 saturated carbocycles. The standard InChI is InChI=1S/C20H23N5OS/c1-14-6-5-7-15(10-14)20-22-16(13-27-20)11-19(26)21-12-18-24-23-17-8-3-2-4-9-25(17)18/h5-7,10,13H,2-4,8-9,11-12H2,1H3,(H,21,26). The van der Waals surface area contributed by atoms with E-state index < -0.39 is 0 Å². The second-order valence-electron chi connectivity index (χ2n) is 6.96. The van der Waals surface area contributed by atoms with Crippen LogP contribution < -0.4 is 5.32 Å². The van der Waals surface area contributed by atoms with Crippen molar-refractivity contribution < 1.29 is 4.79 Å². The Morgan fingerprint density at radius 3 is 3.07 bits per heavy atom. The SMILES string of the molecule is Cc1cccc(-c2nc(CC(=O)NCc3nnc4n3CCCCC4)cs2)c1. The highest BCUT2D eigenvalue weighted by Gasteiger charge is 2.15. The average Bonchev–Trinajstić information content (AvgIpc) is 3.20. The van der Waals surface area contributed by atoms with Crippen LogP contribution >= 0.6 is 11.3 Å². The maximum absolute atomic E-state index is 12.3. The molecule has 6 nitrogen and oxygen atoms in total. The molecule has 0 atom stereocenters. The van der Waals surface area contributed by atoms with Crippen LogP contribution in [-0.2, 0) is 30.7 Å². The quantitative estimate of drug-likeness (QED) is 0.736. The third-order valence-corrected chi connectivity index (χ3v) is 5.73. The third-order valence-electron chi connectivity index (χ3n) is 4.79. The summed E-state index contributed by atoms with van der Waals surface area (Å²) in [5, 5.41) is 14.4. The largest absolute Gasteiger partial charge is 0.348 e. The summed E-state index contributed by atoms with van der Waals surface area (Å²) in [6.07, 6.45) is 4.79. The van der Waals surface area contributed by atoms with Crippen molar-refractivity contribution in [3.63, 3.8) is 0 Å². The Balaban J connectivity index is 1.36. The van der Waals surface area contributed by atoms with E-state index in [-0.39, 0.29) is 12.3 Å². The number of nitrogens with one attached hydrogen (secondary N) is 1. The third kappa shape index (κ3) is 4.24. The van der Waals surface area contributed by atoms with Gasteiger partial charge in [-0.3, -0.25) is 4.79 Å². The van der Waals surface area contributed by atoms with Crippen molar-refractivity contribution in [2.45, 2.75) is 52.1 Å². The number of amides is 1. The molecule has 1 aromatic carbocycles. The van der Waals surface area contributed by atoms with Crippen LogP contribution in [0.3, 0.4) is 0 Å². The summed E-state index contributed by atoms with van der Waals surface area (Å²) in [6, 6.07) is 8.25. The van der Waals surface area contributed by atoms with Gasteiger partial charge in [0.25, 0.3) is 0 Å². The number of carbonyl (C=O) groups is 1. The Bertz CT molecular complexity index is 946. The highest BCUT2D eigenvalue weighted by atomic mass is 32.1. The summed E-state index contributed by atoms with van der Waals surface area (Å²) in [4.78, 5) is 17.0. The van der Waals surface area contributed by atoms with Gasteiger partial charge in [0.1, 0.15) is 10.8 Å². The van der Waals surface area contributed by atoms with E-state index in [1.54, 1.807) is 11.3 Å². The van der Waals surface area contributed by atoms with Crippen molar-refractivity contribution in [3.05, 3.63) is 52.6 Å². The van der Waals surface area contributed by atoms with Gasteiger partial charge in [0.2, 0.25) is 5.91 Å². The number of thiazole rings is 1. The summed E-state index contributed by atoms with van der Waals surface area (Å²) in [5.41, 5.74) is 3.10. The number of rotatable bonds is 5. The molecule has 140 valence electrons. The van der Waals surface area contributed by atoms with Crippen molar-refractivity contribution in [1.29, 1.82) is 0 Å². The van der Waals surface area contributed by atoms with Gasteiger partial charge in [-0.15, -0.1) is 21.5 Å². The van der Waals surface area contributed by atoms with Gasteiger partial charge in [-0.25, -0.2) is 4.98 Å². The van der Waals surface area contributed by atoms with E-state index in [2.05, 4.69) is 44.1 Å². The van der Waals surface area contributed by atoms with Gasteiger partial charge < -0.3 is 9.88 Å². The summed E-state index contributed by atoms with van der Waals surface area (Å²) in [6.45, 7) is 3.43. The second kappa shape index (κ2) is 8.00. The Morgan fingerprint density at radius 1 is 1.26 bits per heavy atom. The first-order valence-corrected chi connectivity index (χ1v) is 10.3. The van der Waals surface area contributed by atoms with Crippen LogP contribution in [0.4, 0.5) is 0 Å². The number of aromatic nitrogens is 4. The van der Waals surface area contributed by atoms with Crippen molar-refractivity contribution in [2.75, 3.05) is 0 Å². The smallest absolute Gasteiger partial charge is 0.226 e. The highest BCUT2D eigenvalue weighted by Crippen LogP contribution is 2.24. The number of nitrogens with zero attached hydrogens (tertiary/aromatic N) is 4. The van der Waals surface area contributed by atoms with E-state index in [4.69, 9.17) is 0 Å². The van der Waals surface area contributed by atoms with Crippen LogP contribution in [0.25, 0.3) is 10.6 Å². The minimum atomic E-state index is -0.0398. The molecule has 0 spiro atoms. The van der Waals surface area contributed by atoms with Crippen molar-refractivity contribution in [1.82, 2.24) is 25.1 Å². The molecule has 0 bridgehead atoms. The lowest BCUT2D eigenvalue weighted by Crippen LogP contribution is -2.26. The molecule has 4 rings (SSSR count). The first-order chi connectivity index (χ1) is 13.2. The van der Waals surface area contributed by atoms with Crippen LogP contribution in [0.15, 0.2) is 29.6 Å². The molecule has 0 fully saturated rings. The molecule has 2 aromatic heterocycles. The fourth-order valence-corrected chi connectivity index (χ4v) is 4.20. The first kappa shape index (κ1) is 17.9. The molecule has 0 radical (unpaired) electrons. The lowest BCUT2D eigenvalue weighted by molar-refractivity contribution is -0.120. The zero-order valence-corrected chi connectivity index (χ0v) is 16.3. The molecule has 0 unspecified atom stereocenters. The van der Waals surface area contributed by atoms with E-state index in [1.165, 1.54) is 12.0 Å². The van der Waals surface area contributed by atoms with Crippen molar-refractivity contribution >= 4 is 17.2 Å². The highest BCUT2D eigenvalue weighted by molar-refractivity contribution is 7.13. The van der Waals surface area contributed by atoms with Crippen LogP contribution in [-0.4, -0.2) is 25.7 Å². The maximum atomic E-state index is 12.3. The van der Waals surface area contributed by atoms with Crippen LogP contribution in [0.2, 0.25) is 0 Å². The van der Waals surface area contributed by atoms with E-state index >= 15 is 0 Å². The number of carbonyl (C=O) groups excluding carboxylic acids is 1. The van der Waals surface area contributed by atoms with E-state index in [0.29, 0.717) is 6.54 Å². The number of hydrogen-bond donors (Lipinski definition) is 1. The minimum absolute atomic E-state index is 0.0398. The Morgan fingerprint density at radius 2 is 2.19 bits per heavy atom. The van der Waals surface area contributed by atoms with Crippen LogP contribution in [0.5, 0.6) is 0 Å². The van der Waals surface area contributed by atoms with E-state index in [0.717, 1.165) is 53.7 Å². The van der Waals surface area contributed by atoms with Crippen molar-refractivity contribution in [2.24, 2.45) is 0 Å². The molecular formula is C20H23N5OS. The predicted octanol–water partition coefficient (Wildman–Crippen LogP) is 3.30. The molecule has 1 amide bonds. The van der Waals surface area contributed by atoms with Gasteiger partial charge in [-0.05, 0) is 25.8 Å². The number of fused-ring (bicyclic) bond motifs is 1. The summed E-state index contributed by atoms with van der Waals surface area (Å²) < 4.78 is 2.16. The van der Waals surface area contributed by atoms with Gasteiger partial charge in [0, 0.05) is 23.9 Å². The zero-order chi connectivity index (χ0) is 18.6. The van der Waals surface area contributed by atoms with Gasteiger partial charge >= 0.3 is 0 Å². The fraction of sp³-hybridized carbons (Fsp3) is 0.400. The molecule has 3 heterocycles. The monoisotopic (exact) mass is 381 g/mol. The average molecular weight is 382 g/mol. The Labute approximate surface area is 162 Å². The number of aryl methyl sites for hydroxylation is 2. The fourth-order valence-electron chi connectivity index (χ4n) is 3.38. The predicted molar refractivity (Wildman–Crippen MR) is 105 cm³/mol. The Hall–Kier alpha value is -2.54. The molecule has 1 aliphatic heterocycles. The topological polar surface area (TPSA) is 72.7 Å². The zero-order valence-electron chi connectivity index (χ0n) is 15.4. The second-order valence-corrected chi connectivity index (χ2v) is 7.82. The molecule has 3 aromatic rings. The lowest BCUT2D eigenvalue weighted by atomic mass is 10.1. The van der Waals surface area contributed by atoms with Gasteiger partial charge in [0.15, 0.2) is 5.82 Å². The summed E-state index contributed by atoms with van der Waals surface area (Å²) in [7, 11) is 0. The van der Waals surface area contributed by atoms with Gasteiger partial charge in [0.05, 0.1) is 18.7 Å². The van der Waals surface area contributed by atoms with E-state index in [1.807, 2.05) is 17.5 Å². The first-order valence-electron chi connectivity index (χ1n) is 9.38. The molecule has 1 N–H and O–H groups in total. The normalized spacial score (nSPS) is 13.8. The van der Waals surface area contributed by atoms with Gasteiger partial charge in [-0.1, -0.05) is 30.2 Å². The molecule has 0 aliphatic carbocycles. The molecule has 0 saturated heterocycles. The Kier molecular flexibility index (Phi) is 5.29. The number of benzene rings is 1. The summed E-state index contributed by atoms with van der Waals surface area (Å²) in [5.74, 6) is 1.85. The molecule has 27 heavy (non-hydrogen) atoms. The molecular weight excluding hydrogens is 358 g/mol. The molecule has 1 aliphatic rings. The van der Waals surface area contributed by atoms with Crippen LogP contribution in [0.1, 0.15) is 42.2 Å². The maximum Gasteiger partial charge on any atom is 0.226 e. The van der Waals surface area contributed by atoms with E-state index in [9.17, 15) is 4.79 Å². The van der Waals surface area contributed by atoms with Crippen LogP contribution in [0, 0.1) is 6.92 Å².